The van der Waals surface area contributed by atoms with Crippen LogP contribution in [-0.2, 0) is 0 Å². The van der Waals surface area contributed by atoms with Crippen LogP contribution in [0.4, 0.5) is 4.39 Å². The second kappa shape index (κ2) is 11.4. The summed E-state index contributed by atoms with van der Waals surface area (Å²) in [4.78, 5) is 6.63. The van der Waals surface area contributed by atoms with Crippen LogP contribution in [0.25, 0.3) is 10.9 Å². The highest BCUT2D eigenvalue weighted by atomic mass is 35.5. The van der Waals surface area contributed by atoms with E-state index >= 15 is 0 Å². The summed E-state index contributed by atoms with van der Waals surface area (Å²) in [7, 11) is 1.60. The summed E-state index contributed by atoms with van der Waals surface area (Å²) in [6, 6.07) is 11.7. The maximum Gasteiger partial charge on any atom is 0.123 e. The fourth-order valence-electron chi connectivity index (χ4n) is 4.68. The molecule has 3 aromatic rings. The first-order valence-corrected chi connectivity index (χ1v) is 12.2. The quantitative estimate of drug-likeness (QED) is 0.452. The van der Waals surface area contributed by atoms with E-state index in [1.807, 2.05) is 18.2 Å². The lowest BCUT2D eigenvalue weighted by atomic mass is 9.74. The molecule has 35 heavy (non-hydrogen) atoms. The number of methoxy groups -OCH3 is 1. The van der Waals surface area contributed by atoms with Crippen molar-refractivity contribution in [1.82, 2.24) is 9.88 Å². The zero-order valence-corrected chi connectivity index (χ0v) is 20.6. The highest BCUT2D eigenvalue weighted by Gasteiger charge is 2.34. The highest BCUT2D eigenvalue weighted by Crippen LogP contribution is 2.40. The van der Waals surface area contributed by atoms with E-state index < -0.39 is 6.10 Å². The van der Waals surface area contributed by atoms with Crippen molar-refractivity contribution in [3.63, 3.8) is 0 Å². The average molecular weight is 497 g/mol. The Kier molecular flexibility index (Phi) is 8.25. The molecule has 4 rings (SSSR count). The Labute approximate surface area is 210 Å². The number of hydrogen-bond donors (Lipinski definition) is 2. The number of hydrogen-bond acceptors (Lipinski definition) is 5. The molecular weight excluding hydrogens is 467 g/mol. The van der Waals surface area contributed by atoms with Gasteiger partial charge in [0, 0.05) is 29.3 Å². The van der Waals surface area contributed by atoms with Crippen molar-refractivity contribution in [3.05, 3.63) is 70.6 Å². The number of halogens is 2. The lowest BCUT2D eigenvalue weighted by Gasteiger charge is -2.40. The summed E-state index contributed by atoms with van der Waals surface area (Å²) in [5.74, 6) is 6.64. The van der Waals surface area contributed by atoms with Gasteiger partial charge in [0.25, 0.3) is 0 Å². The minimum Gasteiger partial charge on any atom is -0.497 e. The third kappa shape index (κ3) is 6.12. The predicted octanol–water partition coefficient (Wildman–Crippen LogP) is 4.98. The number of ether oxygens (including phenoxy) is 1. The molecule has 7 heteroatoms. The molecule has 2 aromatic carbocycles. The molecule has 1 fully saturated rings. The maximum absolute atomic E-state index is 13.0. The number of nitrogens with zero attached hydrogens (tertiary/aromatic N) is 2. The summed E-state index contributed by atoms with van der Waals surface area (Å²) in [6.45, 7) is 2.35. The first-order chi connectivity index (χ1) is 16.9. The zero-order valence-electron chi connectivity index (χ0n) is 19.8. The van der Waals surface area contributed by atoms with Crippen LogP contribution in [0.3, 0.4) is 0 Å². The molecule has 1 aliphatic rings. The van der Waals surface area contributed by atoms with Crippen molar-refractivity contribution in [2.24, 2.45) is 5.41 Å². The van der Waals surface area contributed by atoms with E-state index in [1.165, 1.54) is 12.1 Å². The van der Waals surface area contributed by atoms with Crippen molar-refractivity contribution in [2.45, 2.75) is 31.8 Å². The van der Waals surface area contributed by atoms with Crippen molar-refractivity contribution >= 4 is 22.5 Å². The molecule has 1 saturated heterocycles. The van der Waals surface area contributed by atoms with Gasteiger partial charge in [-0.15, -0.1) is 0 Å². The Hall–Kier alpha value is -2.69. The number of rotatable bonds is 7. The topological polar surface area (TPSA) is 65.8 Å². The molecule has 0 radical (unpaired) electrons. The summed E-state index contributed by atoms with van der Waals surface area (Å²) in [6.07, 6.45) is 3.62. The summed E-state index contributed by atoms with van der Waals surface area (Å²) in [5.41, 5.74) is 1.95. The zero-order chi connectivity index (χ0) is 24.8. The van der Waals surface area contributed by atoms with Crippen LogP contribution in [0.2, 0.25) is 5.02 Å². The molecule has 5 nitrogen and oxygen atoms in total. The number of likely N-dealkylation sites (tertiary alicyclic amines) is 1. The van der Waals surface area contributed by atoms with Gasteiger partial charge in [-0.3, -0.25) is 9.88 Å². The molecule has 2 N–H and O–H groups in total. The van der Waals surface area contributed by atoms with Gasteiger partial charge in [-0.1, -0.05) is 23.4 Å². The Balaban J connectivity index is 1.37. The number of pyridine rings is 1. The van der Waals surface area contributed by atoms with Gasteiger partial charge in [-0.2, -0.15) is 0 Å². The monoisotopic (exact) mass is 496 g/mol. The minimum absolute atomic E-state index is 0.0769. The molecule has 1 aliphatic heterocycles. The molecular formula is C28H30ClFN2O3. The number of aromatic nitrogens is 1. The normalized spacial score (nSPS) is 16.5. The fraction of sp³-hybridized carbons (Fsp3) is 0.393. The number of piperidine rings is 1. The van der Waals surface area contributed by atoms with Crippen molar-refractivity contribution in [1.29, 1.82) is 0 Å². The van der Waals surface area contributed by atoms with Crippen LogP contribution < -0.4 is 4.74 Å². The Bertz CT molecular complexity index is 1210. The van der Waals surface area contributed by atoms with E-state index in [-0.39, 0.29) is 17.8 Å². The predicted molar refractivity (Wildman–Crippen MR) is 136 cm³/mol. The van der Waals surface area contributed by atoms with E-state index in [9.17, 15) is 14.6 Å². The highest BCUT2D eigenvalue weighted by molar-refractivity contribution is 6.32. The number of benzene rings is 2. The minimum atomic E-state index is -0.775. The van der Waals surface area contributed by atoms with Gasteiger partial charge >= 0.3 is 0 Å². The molecule has 0 aliphatic carbocycles. The molecule has 0 spiro atoms. The van der Waals surface area contributed by atoms with Crippen molar-refractivity contribution in [3.8, 4) is 17.6 Å². The molecule has 0 unspecified atom stereocenters. The van der Waals surface area contributed by atoms with Gasteiger partial charge in [-0.25, -0.2) is 4.39 Å². The first kappa shape index (κ1) is 25.4. The summed E-state index contributed by atoms with van der Waals surface area (Å²) in [5, 5.41) is 22.5. The Morgan fingerprint density at radius 1 is 1.20 bits per heavy atom. The fourth-order valence-corrected chi connectivity index (χ4v) is 4.96. The SMILES string of the molecule is COc1ccc2ncc(Cl)c([C@@H](O)CCC3(CO)CCN(CC#Cc4ccc(F)cc4)CC3)c2c1. The molecule has 0 amide bonds. The maximum atomic E-state index is 13.0. The number of aliphatic hydroxyl groups excluding tert-OH is 2. The smallest absolute Gasteiger partial charge is 0.123 e. The third-order valence-electron chi connectivity index (χ3n) is 6.98. The van der Waals surface area contributed by atoms with E-state index in [4.69, 9.17) is 16.3 Å². The van der Waals surface area contributed by atoms with Gasteiger partial charge in [0.15, 0.2) is 0 Å². The van der Waals surface area contributed by atoms with Crippen LogP contribution in [0.1, 0.15) is 42.9 Å². The number of aliphatic hydroxyl groups is 2. The van der Waals surface area contributed by atoms with Crippen LogP contribution in [0.15, 0.2) is 48.7 Å². The standard InChI is InChI=1S/C28H30ClFN2O3/c1-35-22-8-9-25-23(17-22)27(24(29)18-31-25)26(34)10-11-28(19-33)12-15-32(16-13-28)14-2-3-20-4-6-21(30)7-5-20/h4-9,17-18,26,33-34H,10-16,19H2,1H3/t26-/m0/s1. The number of fused-ring (bicyclic) bond motifs is 1. The largest absolute Gasteiger partial charge is 0.497 e. The van der Waals surface area contributed by atoms with Gasteiger partial charge in [0.2, 0.25) is 0 Å². The van der Waals surface area contributed by atoms with E-state index in [1.54, 1.807) is 25.4 Å². The molecule has 1 aromatic heterocycles. The Morgan fingerprint density at radius 2 is 1.94 bits per heavy atom. The molecule has 184 valence electrons. The van der Waals surface area contributed by atoms with Crippen LogP contribution >= 0.6 is 11.6 Å². The molecule has 2 heterocycles. The van der Waals surface area contributed by atoms with Crippen LogP contribution in [0.5, 0.6) is 5.75 Å². The second-order valence-electron chi connectivity index (χ2n) is 9.20. The summed E-state index contributed by atoms with van der Waals surface area (Å²) < 4.78 is 18.4. The molecule has 0 bridgehead atoms. The average Bonchev–Trinajstić information content (AvgIpc) is 2.89. The molecule has 1 atom stereocenters. The molecule has 0 saturated carbocycles. The van der Waals surface area contributed by atoms with Crippen molar-refractivity contribution < 1.29 is 19.3 Å². The van der Waals surface area contributed by atoms with Crippen LogP contribution in [0, 0.1) is 23.1 Å². The lowest BCUT2D eigenvalue weighted by molar-refractivity contribution is 0.0273. The lowest BCUT2D eigenvalue weighted by Crippen LogP contribution is -2.42. The third-order valence-corrected chi connectivity index (χ3v) is 7.28. The van der Waals surface area contributed by atoms with Gasteiger partial charge < -0.3 is 14.9 Å². The summed E-state index contributed by atoms with van der Waals surface area (Å²) >= 11 is 6.45. The first-order valence-electron chi connectivity index (χ1n) is 11.8. The second-order valence-corrected chi connectivity index (χ2v) is 9.61. The van der Waals surface area contributed by atoms with E-state index in [0.717, 1.165) is 42.4 Å². The van der Waals surface area contributed by atoms with Gasteiger partial charge in [0.1, 0.15) is 11.6 Å². The van der Waals surface area contributed by atoms with Gasteiger partial charge in [-0.05, 0) is 86.7 Å². The van der Waals surface area contributed by atoms with Crippen LogP contribution in [-0.4, -0.2) is 53.4 Å². The van der Waals surface area contributed by atoms with E-state index in [2.05, 4.69) is 21.7 Å². The Morgan fingerprint density at radius 3 is 2.63 bits per heavy atom. The van der Waals surface area contributed by atoms with Gasteiger partial charge in [0.05, 0.1) is 30.3 Å². The van der Waals surface area contributed by atoms with Crippen molar-refractivity contribution in [2.75, 3.05) is 33.4 Å². The van der Waals surface area contributed by atoms with E-state index in [0.29, 0.717) is 35.7 Å².